The topological polar surface area (TPSA) is 75.1 Å². The predicted octanol–water partition coefficient (Wildman–Crippen LogP) is 4.21. The fourth-order valence-corrected chi connectivity index (χ4v) is 3.57. The summed E-state index contributed by atoms with van der Waals surface area (Å²) in [4.78, 5) is 21.3. The number of thiophene rings is 1. The summed E-state index contributed by atoms with van der Waals surface area (Å²) in [6, 6.07) is 7.62. The maximum atomic E-state index is 10.7. The van der Waals surface area contributed by atoms with E-state index in [1.807, 2.05) is 31.2 Å². The Bertz CT molecular complexity index is 862. The normalized spacial score (nSPS) is 10.9. The number of aromatic nitrogens is 2. The van der Waals surface area contributed by atoms with Gasteiger partial charge in [-0.15, -0.1) is 11.3 Å². The number of carboxylic acids is 1. The van der Waals surface area contributed by atoms with Crippen LogP contribution in [0.4, 0.5) is 5.82 Å². The molecule has 0 fully saturated rings. The van der Waals surface area contributed by atoms with Crippen molar-refractivity contribution in [2.24, 2.45) is 0 Å². The molecule has 1 aromatic carbocycles. The number of carbonyl (C=O) groups is 1. The summed E-state index contributed by atoms with van der Waals surface area (Å²) in [6.45, 7) is 2.35. The Labute approximate surface area is 142 Å². The molecule has 2 heterocycles. The number of fused-ring (bicyclic) bond motifs is 1. The van der Waals surface area contributed by atoms with Crippen LogP contribution < -0.4 is 5.32 Å². The van der Waals surface area contributed by atoms with E-state index in [4.69, 9.17) is 16.7 Å². The second-order valence-corrected chi connectivity index (χ2v) is 6.65. The molecule has 3 aromatic rings. The number of hydrogen-bond acceptors (Lipinski definition) is 5. The van der Waals surface area contributed by atoms with E-state index >= 15 is 0 Å². The number of anilines is 1. The zero-order valence-electron chi connectivity index (χ0n) is 12.3. The van der Waals surface area contributed by atoms with Crippen molar-refractivity contribution >= 4 is 44.9 Å². The average molecular weight is 348 g/mol. The van der Waals surface area contributed by atoms with Crippen molar-refractivity contribution in [1.29, 1.82) is 0 Å². The molecular formula is C16H14ClN3O2S. The molecule has 5 nitrogen and oxygen atoms in total. The lowest BCUT2D eigenvalue weighted by Crippen LogP contribution is -2.09. The van der Waals surface area contributed by atoms with Gasteiger partial charge in [0, 0.05) is 22.0 Å². The molecule has 0 saturated carbocycles. The van der Waals surface area contributed by atoms with Crippen LogP contribution in [0.15, 0.2) is 30.6 Å². The largest absolute Gasteiger partial charge is 0.481 e. The van der Waals surface area contributed by atoms with Gasteiger partial charge in [-0.25, -0.2) is 9.97 Å². The number of hydrogen-bond donors (Lipinski definition) is 2. The third-order valence-corrected chi connectivity index (χ3v) is 4.69. The molecule has 7 heteroatoms. The van der Waals surface area contributed by atoms with E-state index in [-0.39, 0.29) is 6.42 Å². The second kappa shape index (κ2) is 6.52. The quantitative estimate of drug-likeness (QED) is 0.723. The van der Waals surface area contributed by atoms with Gasteiger partial charge in [-0.3, -0.25) is 4.79 Å². The van der Waals surface area contributed by atoms with Gasteiger partial charge in [-0.05, 0) is 24.6 Å². The summed E-state index contributed by atoms with van der Waals surface area (Å²) in [7, 11) is 0. The van der Waals surface area contributed by atoms with Gasteiger partial charge in [0.2, 0.25) is 0 Å². The molecule has 0 aliphatic heterocycles. The lowest BCUT2D eigenvalue weighted by Gasteiger charge is -2.08. The molecule has 0 bridgehead atoms. The molecule has 118 valence electrons. The molecule has 0 aliphatic rings. The van der Waals surface area contributed by atoms with Crippen LogP contribution in [0.1, 0.15) is 11.3 Å². The molecule has 0 aliphatic carbocycles. The lowest BCUT2D eigenvalue weighted by atomic mass is 10.0. The number of aliphatic carboxylic acids is 1. The van der Waals surface area contributed by atoms with Crippen molar-refractivity contribution in [2.75, 3.05) is 11.9 Å². The van der Waals surface area contributed by atoms with Crippen LogP contribution in [0.3, 0.4) is 0 Å². The minimum absolute atomic E-state index is 0.0326. The van der Waals surface area contributed by atoms with Crippen molar-refractivity contribution in [1.82, 2.24) is 9.97 Å². The van der Waals surface area contributed by atoms with Gasteiger partial charge in [0.05, 0.1) is 11.8 Å². The highest BCUT2D eigenvalue weighted by molar-refractivity contribution is 7.19. The fraction of sp³-hybridized carbons (Fsp3) is 0.188. The van der Waals surface area contributed by atoms with Crippen LogP contribution in [-0.4, -0.2) is 27.6 Å². The zero-order chi connectivity index (χ0) is 16.4. The number of halogens is 1. The standard InChI is InChI=1S/C16H14ClN3O2S/c1-9-13(10-2-4-11(17)5-3-10)14-15(18-7-6-12(21)22)19-8-20-16(14)23-9/h2-5,8H,6-7H2,1H3,(H,21,22)(H,18,19,20). The van der Waals surface area contributed by atoms with E-state index in [9.17, 15) is 4.79 Å². The van der Waals surface area contributed by atoms with E-state index in [0.29, 0.717) is 17.4 Å². The third kappa shape index (κ3) is 3.28. The predicted molar refractivity (Wildman–Crippen MR) is 93.3 cm³/mol. The second-order valence-electron chi connectivity index (χ2n) is 5.01. The van der Waals surface area contributed by atoms with Gasteiger partial charge in [-0.2, -0.15) is 0 Å². The maximum Gasteiger partial charge on any atom is 0.305 e. The Morgan fingerprint density at radius 1 is 1.30 bits per heavy atom. The van der Waals surface area contributed by atoms with Gasteiger partial charge in [0.25, 0.3) is 0 Å². The molecule has 0 saturated heterocycles. The molecule has 0 atom stereocenters. The van der Waals surface area contributed by atoms with Crippen molar-refractivity contribution in [2.45, 2.75) is 13.3 Å². The Morgan fingerprint density at radius 2 is 2.04 bits per heavy atom. The first-order valence-electron chi connectivity index (χ1n) is 7.02. The number of carboxylic acid groups (broad SMARTS) is 1. The summed E-state index contributed by atoms with van der Waals surface area (Å²) < 4.78 is 0. The van der Waals surface area contributed by atoms with Crippen LogP contribution in [0.25, 0.3) is 21.3 Å². The Kier molecular flexibility index (Phi) is 4.45. The number of rotatable bonds is 5. The van der Waals surface area contributed by atoms with E-state index in [1.165, 1.54) is 6.33 Å². The van der Waals surface area contributed by atoms with Crippen LogP contribution in [-0.2, 0) is 4.79 Å². The first-order chi connectivity index (χ1) is 11.1. The Morgan fingerprint density at radius 3 is 2.74 bits per heavy atom. The first kappa shape index (κ1) is 15.7. The summed E-state index contributed by atoms with van der Waals surface area (Å²) in [5.74, 6) is -0.187. The summed E-state index contributed by atoms with van der Waals surface area (Å²) in [5, 5.41) is 13.5. The molecular weight excluding hydrogens is 334 g/mol. The molecule has 0 unspecified atom stereocenters. The molecule has 23 heavy (non-hydrogen) atoms. The van der Waals surface area contributed by atoms with Gasteiger partial charge < -0.3 is 10.4 Å². The minimum Gasteiger partial charge on any atom is -0.481 e. The summed E-state index contributed by atoms with van der Waals surface area (Å²) in [5.41, 5.74) is 2.09. The van der Waals surface area contributed by atoms with E-state index < -0.39 is 5.97 Å². The van der Waals surface area contributed by atoms with Crippen LogP contribution in [0.2, 0.25) is 5.02 Å². The number of benzene rings is 1. The van der Waals surface area contributed by atoms with Gasteiger partial charge in [0.1, 0.15) is 17.0 Å². The maximum absolute atomic E-state index is 10.7. The van der Waals surface area contributed by atoms with Gasteiger partial charge >= 0.3 is 5.97 Å². The van der Waals surface area contributed by atoms with Crippen molar-refractivity contribution in [3.63, 3.8) is 0 Å². The number of nitrogens with one attached hydrogen (secondary N) is 1. The highest BCUT2D eigenvalue weighted by atomic mass is 35.5. The van der Waals surface area contributed by atoms with Crippen LogP contribution in [0, 0.1) is 6.92 Å². The molecule has 0 amide bonds. The van der Waals surface area contributed by atoms with Gasteiger partial charge in [0.15, 0.2) is 0 Å². The first-order valence-corrected chi connectivity index (χ1v) is 8.21. The molecule has 0 radical (unpaired) electrons. The smallest absolute Gasteiger partial charge is 0.305 e. The lowest BCUT2D eigenvalue weighted by molar-refractivity contribution is -0.136. The molecule has 0 spiro atoms. The SMILES string of the molecule is Cc1sc2ncnc(NCCC(=O)O)c2c1-c1ccc(Cl)cc1. The average Bonchev–Trinajstić information content (AvgIpc) is 2.85. The summed E-state index contributed by atoms with van der Waals surface area (Å²) in [6.07, 6.45) is 1.53. The Hall–Kier alpha value is -2.18. The van der Waals surface area contributed by atoms with Gasteiger partial charge in [-0.1, -0.05) is 23.7 Å². The highest BCUT2D eigenvalue weighted by Crippen LogP contribution is 2.40. The van der Waals surface area contributed by atoms with Crippen molar-refractivity contribution in [3.8, 4) is 11.1 Å². The van der Waals surface area contributed by atoms with E-state index in [2.05, 4.69) is 15.3 Å². The van der Waals surface area contributed by atoms with Crippen LogP contribution >= 0.6 is 22.9 Å². The van der Waals surface area contributed by atoms with E-state index in [1.54, 1.807) is 11.3 Å². The monoisotopic (exact) mass is 347 g/mol. The third-order valence-electron chi connectivity index (χ3n) is 3.43. The van der Waals surface area contributed by atoms with Crippen LogP contribution in [0.5, 0.6) is 0 Å². The highest BCUT2D eigenvalue weighted by Gasteiger charge is 2.16. The number of nitrogens with zero attached hydrogens (tertiary/aromatic N) is 2. The molecule has 2 N–H and O–H groups in total. The summed E-state index contributed by atoms with van der Waals surface area (Å²) >= 11 is 7.56. The Balaban J connectivity index is 2.08. The van der Waals surface area contributed by atoms with E-state index in [0.717, 1.165) is 26.2 Å². The van der Waals surface area contributed by atoms with Crippen molar-refractivity contribution in [3.05, 3.63) is 40.5 Å². The molecule has 3 rings (SSSR count). The fourth-order valence-electron chi connectivity index (χ4n) is 2.43. The van der Waals surface area contributed by atoms with Crippen molar-refractivity contribution < 1.29 is 9.90 Å². The number of aryl methyl sites for hydroxylation is 1. The minimum atomic E-state index is -0.845. The molecule has 2 aromatic heterocycles. The zero-order valence-corrected chi connectivity index (χ0v) is 13.9.